The second-order valence-electron chi connectivity index (χ2n) is 7.74. The molecule has 1 aromatic carbocycles. The maximum absolute atomic E-state index is 12.7. The van der Waals surface area contributed by atoms with Crippen molar-refractivity contribution in [3.05, 3.63) is 24.3 Å². The van der Waals surface area contributed by atoms with E-state index in [9.17, 15) is 22.8 Å². The molecule has 2 aliphatic heterocycles. The zero-order chi connectivity index (χ0) is 20.0. The average Bonchev–Trinajstić information content (AvgIpc) is 3.05. The highest BCUT2D eigenvalue weighted by Gasteiger charge is 2.48. The number of hydrogen-bond acceptors (Lipinski definition) is 4. The molecule has 0 radical (unpaired) electrons. The number of alkyl halides is 3. The van der Waals surface area contributed by atoms with E-state index in [1.54, 1.807) is 25.7 Å². The molecule has 0 bridgehead atoms. The van der Waals surface area contributed by atoms with Crippen molar-refractivity contribution in [2.24, 2.45) is 11.8 Å². The summed E-state index contributed by atoms with van der Waals surface area (Å²) in [6, 6.07) is 5.20. The number of fused-ring (bicyclic) bond motifs is 1. The summed E-state index contributed by atoms with van der Waals surface area (Å²) < 4.78 is 45.9. The fourth-order valence-corrected chi connectivity index (χ4v) is 3.40. The summed E-state index contributed by atoms with van der Waals surface area (Å²) in [6.07, 6.45) is -5.20. The SMILES string of the molecule is CC(C)(C)OC(=O)N1CC2C(=O)N(c3ccc(OC(F)(F)F)cc3)C[C@H]2C1. The molecule has 0 aliphatic carbocycles. The van der Waals surface area contributed by atoms with Crippen molar-refractivity contribution in [3.8, 4) is 5.75 Å². The first-order chi connectivity index (χ1) is 12.4. The summed E-state index contributed by atoms with van der Waals surface area (Å²) in [7, 11) is 0. The lowest BCUT2D eigenvalue weighted by Gasteiger charge is -2.26. The van der Waals surface area contributed by atoms with Gasteiger partial charge in [-0.2, -0.15) is 0 Å². The summed E-state index contributed by atoms with van der Waals surface area (Å²) in [5.74, 6) is -0.843. The van der Waals surface area contributed by atoms with Gasteiger partial charge in [0.15, 0.2) is 0 Å². The molecule has 2 heterocycles. The van der Waals surface area contributed by atoms with Crippen LogP contribution in [-0.2, 0) is 9.53 Å². The molecule has 1 unspecified atom stereocenters. The molecule has 1 aromatic rings. The van der Waals surface area contributed by atoms with Crippen LogP contribution >= 0.6 is 0 Å². The third kappa shape index (κ3) is 4.45. The number of likely N-dealkylation sites (tertiary alicyclic amines) is 1. The normalized spacial score (nSPS) is 22.8. The van der Waals surface area contributed by atoms with Gasteiger partial charge in [-0.25, -0.2) is 4.79 Å². The summed E-state index contributed by atoms with van der Waals surface area (Å²) in [6.45, 7) is 6.44. The monoisotopic (exact) mass is 386 g/mol. The highest BCUT2D eigenvalue weighted by molar-refractivity contribution is 5.98. The summed E-state index contributed by atoms with van der Waals surface area (Å²) in [4.78, 5) is 27.9. The molecule has 2 saturated heterocycles. The van der Waals surface area contributed by atoms with Gasteiger partial charge in [0, 0.05) is 31.2 Å². The van der Waals surface area contributed by atoms with E-state index in [2.05, 4.69) is 4.74 Å². The Hall–Kier alpha value is -2.45. The molecule has 0 saturated carbocycles. The highest BCUT2D eigenvalue weighted by Crippen LogP contribution is 2.36. The number of rotatable bonds is 2. The van der Waals surface area contributed by atoms with Gasteiger partial charge in [0.05, 0.1) is 5.92 Å². The van der Waals surface area contributed by atoms with E-state index in [1.165, 1.54) is 29.2 Å². The minimum absolute atomic E-state index is 0.0314. The maximum atomic E-state index is 12.7. The lowest BCUT2D eigenvalue weighted by molar-refractivity contribution is -0.274. The Kier molecular flexibility index (Phi) is 4.73. The first-order valence-electron chi connectivity index (χ1n) is 8.58. The van der Waals surface area contributed by atoms with E-state index in [-0.39, 0.29) is 30.0 Å². The number of carbonyl (C=O) groups is 2. The second kappa shape index (κ2) is 6.61. The van der Waals surface area contributed by atoms with Gasteiger partial charge in [-0.3, -0.25) is 4.79 Å². The van der Waals surface area contributed by atoms with Crippen LogP contribution in [0.3, 0.4) is 0 Å². The van der Waals surface area contributed by atoms with Gasteiger partial charge in [-0.1, -0.05) is 0 Å². The Morgan fingerprint density at radius 1 is 1.07 bits per heavy atom. The molecule has 0 spiro atoms. The molecule has 2 aliphatic rings. The molecule has 2 fully saturated rings. The molecule has 2 amide bonds. The van der Waals surface area contributed by atoms with Crippen molar-refractivity contribution >= 4 is 17.7 Å². The number of amides is 2. The van der Waals surface area contributed by atoms with E-state index in [4.69, 9.17) is 4.74 Å². The molecule has 2 atom stereocenters. The van der Waals surface area contributed by atoms with Crippen LogP contribution < -0.4 is 9.64 Å². The fraction of sp³-hybridized carbons (Fsp3) is 0.556. The van der Waals surface area contributed by atoms with Crippen LogP contribution in [0.25, 0.3) is 0 Å². The first-order valence-corrected chi connectivity index (χ1v) is 8.58. The molecule has 3 rings (SSSR count). The van der Waals surface area contributed by atoms with Crippen molar-refractivity contribution in [2.45, 2.75) is 32.7 Å². The third-order valence-electron chi connectivity index (χ3n) is 4.47. The van der Waals surface area contributed by atoms with E-state index >= 15 is 0 Å². The highest BCUT2D eigenvalue weighted by atomic mass is 19.4. The van der Waals surface area contributed by atoms with Gasteiger partial charge in [0.2, 0.25) is 5.91 Å². The van der Waals surface area contributed by atoms with Gasteiger partial charge in [-0.05, 0) is 45.0 Å². The summed E-state index contributed by atoms with van der Waals surface area (Å²) >= 11 is 0. The van der Waals surface area contributed by atoms with Crippen LogP contribution in [-0.4, -0.2) is 48.5 Å². The van der Waals surface area contributed by atoms with Crippen LogP contribution in [0.1, 0.15) is 20.8 Å². The summed E-state index contributed by atoms with van der Waals surface area (Å²) in [5.41, 5.74) is -0.0989. The third-order valence-corrected chi connectivity index (χ3v) is 4.47. The van der Waals surface area contributed by atoms with Gasteiger partial charge >= 0.3 is 12.5 Å². The maximum Gasteiger partial charge on any atom is 0.573 e. The van der Waals surface area contributed by atoms with Crippen molar-refractivity contribution in [1.29, 1.82) is 0 Å². The van der Waals surface area contributed by atoms with E-state index in [0.717, 1.165) is 0 Å². The van der Waals surface area contributed by atoms with E-state index in [1.807, 2.05) is 0 Å². The number of ether oxygens (including phenoxy) is 2. The van der Waals surface area contributed by atoms with Crippen LogP contribution in [0.5, 0.6) is 5.75 Å². The number of halogens is 3. The molecule has 9 heteroatoms. The van der Waals surface area contributed by atoms with Gasteiger partial charge in [-0.15, -0.1) is 13.2 Å². The van der Waals surface area contributed by atoms with Crippen molar-refractivity contribution < 1.29 is 32.2 Å². The number of benzene rings is 1. The quantitative estimate of drug-likeness (QED) is 0.782. The molecule has 0 N–H and O–H groups in total. The predicted octanol–water partition coefficient (Wildman–Crippen LogP) is 3.41. The average molecular weight is 386 g/mol. The Labute approximate surface area is 154 Å². The molecule has 0 aromatic heterocycles. The Bertz CT molecular complexity index is 728. The molecule has 6 nitrogen and oxygen atoms in total. The lowest BCUT2D eigenvalue weighted by atomic mass is 10.0. The number of hydrogen-bond donors (Lipinski definition) is 0. The molecule has 27 heavy (non-hydrogen) atoms. The first kappa shape index (κ1) is 19.3. The minimum Gasteiger partial charge on any atom is -0.444 e. The summed E-state index contributed by atoms with van der Waals surface area (Å²) in [5, 5.41) is 0. The smallest absolute Gasteiger partial charge is 0.444 e. The molecular formula is C18H21F3N2O4. The van der Waals surface area contributed by atoms with Crippen LogP contribution in [0, 0.1) is 11.8 Å². The Morgan fingerprint density at radius 3 is 2.22 bits per heavy atom. The van der Waals surface area contributed by atoms with Crippen molar-refractivity contribution in [1.82, 2.24) is 4.90 Å². The topological polar surface area (TPSA) is 59.1 Å². The van der Waals surface area contributed by atoms with Crippen LogP contribution in [0.2, 0.25) is 0 Å². The fourth-order valence-electron chi connectivity index (χ4n) is 3.40. The standard InChI is InChI=1S/C18H21F3N2O4/c1-17(2,3)27-16(25)22-8-11-9-23(15(24)14(11)10-22)12-4-6-13(7-5-12)26-18(19,20)21/h4-7,11,14H,8-10H2,1-3H3/t11-,14?/m1/s1. The lowest BCUT2D eigenvalue weighted by Crippen LogP contribution is -2.38. The second-order valence-corrected chi connectivity index (χ2v) is 7.74. The van der Waals surface area contributed by atoms with E-state index in [0.29, 0.717) is 18.8 Å². The van der Waals surface area contributed by atoms with Gasteiger partial charge in [0.1, 0.15) is 11.4 Å². The van der Waals surface area contributed by atoms with Crippen LogP contribution in [0.15, 0.2) is 24.3 Å². The Morgan fingerprint density at radius 2 is 1.70 bits per heavy atom. The van der Waals surface area contributed by atoms with Crippen molar-refractivity contribution in [3.63, 3.8) is 0 Å². The zero-order valence-electron chi connectivity index (χ0n) is 15.2. The number of anilines is 1. The van der Waals surface area contributed by atoms with Crippen molar-refractivity contribution in [2.75, 3.05) is 24.5 Å². The predicted molar refractivity (Wildman–Crippen MR) is 90.3 cm³/mol. The molecular weight excluding hydrogens is 365 g/mol. The van der Waals surface area contributed by atoms with Crippen LogP contribution in [0.4, 0.5) is 23.7 Å². The minimum atomic E-state index is -4.76. The Balaban J connectivity index is 1.63. The number of nitrogens with zero attached hydrogens (tertiary/aromatic N) is 2. The van der Waals surface area contributed by atoms with Gasteiger partial charge < -0.3 is 19.3 Å². The van der Waals surface area contributed by atoms with E-state index < -0.39 is 18.1 Å². The largest absolute Gasteiger partial charge is 0.573 e. The zero-order valence-corrected chi connectivity index (χ0v) is 15.2. The molecule has 148 valence electrons. The van der Waals surface area contributed by atoms with Gasteiger partial charge in [0.25, 0.3) is 0 Å². The number of carbonyl (C=O) groups excluding carboxylic acids is 2.